The van der Waals surface area contributed by atoms with Gasteiger partial charge in [-0.3, -0.25) is 0 Å². The summed E-state index contributed by atoms with van der Waals surface area (Å²) < 4.78 is 0. The van der Waals surface area contributed by atoms with E-state index in [1.165, 1.54) is 25.7 Å². The van der Waals surface area contributed by atoms with Gasteiger partial charge in [-0.05, 0) is 17.9 Å². The number of hydrogen-bond acceptors (Lipinski definition) is 1. The van der Waals surface area contributed by atoms with E-state index in [0.29, 0.717) is 0 Å². The van der Waals surface area contributed by atoms with Crippen molar-refractivity contribution in [1.82, 2.24) is 0 Å². The van der Waals surface area contributed by atoms with E-state index in [-0.39, 0.29) is 12.0 Å². The quantitative estimate of drug-likeness (QED) is 0.171. The van der Waals surface area contributed by atoms with Crippen LogP contribution in [0.25, 0.3) is 10.4 Å². The molecular formula is C12H23N3. The van der Waals surface area contributed by atoms with E-state index in [4.69, 9.17) is 5.53 Å². The zero-order chi connectivity index (χ0) is 11.5. The summed E-state index contributed by atoms with van der Waals surface area (Å²) in [7, 11) is 0. The summed E-state index contributed by atoms with van der Waals surface area (Å²) in [5.41, 5.74) is 8.45. The van der Waals surface area contributed by atoms with Crippen LogP contribution in [0.15, 0.2) is 17.8 Å². The zero-order valence-corrected chi connectivity index (χ0v) is 10.0. The molecule has 0 N–H and O–H groups in total. The van der Waals surface area contributed by atoms with Gasteiger partial charge in [0.15, 0.2) is 0 Å². The van der Waals surface area contributed by atoms with Crippen molar-refractivity contribution in [3.63, 3.8) is 0 Å². The van der Waals surface area contributed by atoms with Crippen molar-refractivity contribution >= 4 is 0 Å². The zero-order valence-electron chi connectivity index (χ0n) is 10.0. The molecule has 0 spiro atoms. The lowest BCUT2D eigenvalue weighted by Crippen LogP contribution is -2.12. The molecule has 0 aliphatic carbocycles. The van der Waals surface area contributed by atoms with Crippen molar-refractivity contribution < 1.29 is 0 Å². The normalized spacial score (nSPS) is 14.0. The minimum absolute atomic E-state index is 0.0918. The lowest BCUT2D eigenvalue weighted by molar-refractivity contribution is 0.470. The van der Waals surface area contributed by atoms with Gasteiger partial charge >= 0.3 is 0 Å². The van der Waals surface area contributed by atoms with Gasteiger partial charge in [0, 0.05) is 11.0 Å². The van der Waals surface area contributed by atoms with Gasteiger partial charge in [0.2, 0.25) is 0 Å². The molecule has 3 nitrogen and oxygen atoms in total. The van der Waals surface area contributed by atoms with Crippen molar-refractivity contribution in [2.45, 2.75) is 58.4 Å². The fourth-order valence-electron chi connectivity index (χ4n) is 1.61. The molecule has 0 aromatic rings. The third kappa shape index (κ3) is 7.03. The first kappa shape index (κ1) is 14.1. The summed E-state index contributed by atoms with van der Waals surface area (Å²) in [5, 5.41) is 3.82. The standard InChI is InChI=1S/C12H23N3/c1-4-6-7-8-9-10-12(14-15-13)11(3)5-2/h5,11-12H,2,4,6-10H2,1,3H3/t11-,12-/m1/s1. The van der Waals surface area contributed by atoms with Crippen LogP contribution in [0, 0.1) is 5.92 Å². The number of azide groups is 1. The highest BCUT2D eigenvalue weighted by Crippen LogP contribution is 2.17. The summed E-state index contributed by atoms with van der Waals surface area (Å²) in [4.78, 5) is 2.90. The Kier molecular flexibility index (Phi) is 8.99. The minimum atomic E-state index is 0.0918. The maximum atomic E-state index is 8.45. The van der Waals surface area contributed by atoms with Gasteiger partial charge in [0.1, 0.15) is 0 Å². The molecule has 15 heavy (non-hydrogen) atoms. The first-order valence-corrected chi connectivity index (χ1v) is 5.93. The third-order valence-electron chi connectivity index (χ3n) is 2.78. The lowest BCUT2D eigenvalue weighted by Gasteiger charge is -2.15. The molecule has 0 aliphatic rings. The molecule has 0 aliphatic heterocycles. The average molecular weight is 209 g/mol. The number of unbranched alkanes of at least 4 members (excludes halogenated alkanes) is 4. The fourth-order valence-corrected chi connectivity index (χ4v) is 1.61. The summed E-state index contributed by atoms with van der Waals surface area (Å²) in [6.45, 7) is 8.00. The van der Waals surface area contributed by atoms with Crippen molar-refractivity contribution in [2.24, 2.45) is 11.0 Å². The monoisotopic (exact) mass is 209 g/mol. The van der Waals surface area contributed by atoms with E-state index >= 15 is 0 Å². The second-order valence-electron chi connectivity index (χ2n) is 4.07. The van der Waals surface area contributed by atoms with E-state index in [9.17, 15) is 0 Å². The maximum Gasteiger partial charge on any atom is 0.0434 e. The molecule has 2 atom stereocenters. The SMILES string of the molecule is C=C[C@@H](C)[C@@H](CCCCCCC)N=[N+]=[N-]. The summed E-state index contributed by atoms with van der Waals surface area (Å²) in [5.74, 6) is 0.284. The summed E-state index contributed by atoms with van der Waals surface area (Å²) >= 11 is 0. The minimum Gasteiger partial charge on any atom is -0.103 e. The average Bonchev–Trinajstić information content (AvgIpc) is 2.26. The van der Waals surface area contributed by atoms with Crippen molar-refractivity contribution in [2.75, 3.05) is 0 Å². The van der Waals surface area contributed by atoms with Crippen LogP contribution in [0.5, 0.6) is 0 Å². The Morgan fingerprint density at radius 3 is 2.53 bits per heavy atom. The van der Waals surface area contributed by atoms with Crippen LogP contribution < -0.4 is 0 Å². The molecule has 0 saturated carbocycles. The molecule has 0 rings (SSSR count). The highest BCUT2D eigenvalue weighted by atomic mass is 15.1. The third-order valence-corrected chi connectivity index (χ3v) is 2.78. The summed E-state index contributed by atoms with van der Waals surface area (Å²) in [6.07, 6.45) is 9.12. The van der Waals surface area contributed by atoms with Crippen LogP contribution in [0.1, 0.15) is 52.4 Å². The Morgan fingerprint density at radius 2 is 2.00 bits per heavy atom. The summed E-state index contributed by atoms with van der Waals surface area (Å²) in [6, 6.07) is 0.0918. The molecule has 0 unspecified atom stereocenters. The second kappa shape index (κ2) is 9.60. The fraction of sp³-hybridized carbons (Fsp3) is 0.833. The molecule has 0 radical (unpaired) electrons. The Morgan fingerprint density at radius 1 is 1.33 bits per heavy atom. The van der Waals surface area contributed by atoms with Crippen LogP contribution >= 0.6 is 0 Å². The predicted molar refractivity (Wildman–Crippen MR) is 65.7 cm³/mol. The molecule has 0 saturated heterocycles. The van der Waals surface area contributed by atoms with Crippen molar-refractivity contribution in [1.29, 1.82) is 0 Å². The van der Waals surface area contributed by atoms with E-state index in [1.54, 1.807) is 0 Å². The molecule has 0 aromatic carbocycles. The van der Waals surface area contributed by atoms with Gasteiger partial charge in [-0.1, -0.05) is 57.1 Å². The number of nitrogens with zero attached hydrogens (tertiary/aromatic N) is 3. The van der Waals surface area contributed by atoms with Crippen molar-refractivity contribution in [3.8, 4) is 0 Å². The molecule has 3 heteroatoms. The molecule has 0 bridgehead atoms. The van der Waals surface area contributed by atoms with Gasteiger partial charge < -0.3 is 0 Å². The van der Waals surface area contributed by atoms with Crippen LogP contribution in [-0.2, 0) is 0 Å². The topological polar surface area (TPSA) is 48.8 Å². The Bertz CT molecular complexity index is 207. The highest BCUT2D eigenvalue weighted by molar-refractivity contribution is 4.85. The molecular weight excluding hydrogens is 186 g/mol. The number of rotatable bonds is 9. The molecule has 0 heterocycles. The van der Waals surface area contributed by atoms with Crippen LogP contribution in [0.4, 0.5) is 0 Å². The van der Waals surface area contributed by atoms with Gasteiger partial charge in [-0.2, -0.15) is 0 Å². The van der Waals surface area contributed by atoms with Crippen LogP contribution in [0.2, 0.25) is 0 Å². The van der Waals surface area contributed by atoms with E-state index < -0.39 is 0 Å². The van der Waals surface area contributed by atoms with Gasteiger partial charge in [-0.15, -0.1) is 6.58 Å². The predicted octanol–water partition coefficient (Wildman–Crippen LogP) is 4.85. The lowest BCUT2D eigenvalue weighted by atomic mass is 9.97. The Balaban J connectivity index is 3.76. The molecule has 0 fully saturated rings. The van der Waals surface area contributed by atoms with Gasteiger partial charge in [0.05, 0.1) is 0 Å². The second-order valence-corrected chi connectivity index (χ2v) is 4.07. The maximum absolute atomic E-state index is 8.45. The van der Waals surface area contributed by atoms with Crippen LogP contribution in [0.3, 0.4) is 0 Å². The Hall–Kier alpha value is -0.950. The van der Waals surface area contributed by atoms with E-state index in [1.807, 2.05) is 6.08 Å². The smallest absolute Gasteiger partial charge is 0.0434 e. The largest absolute Gasteiger partial charge is 0.103 e. The first-order chi connectivity index (χ1) is 7.26. The van der Waals surface area contributed by atoms with Crippen LogP contribution in [-0.4, -0.2) is 6.04 Å². The molecule has 86 valence electrons. The van der Waals surface area contributed by atoms with Crippen molar-refractivity contribution in [3.05, 3.63) is 23.1 Å². The van der Waals surface area contributed by atoms with E-state index in [0.717, 1.165) is 12.8 Å². The van der Waals surface area contributed by atoms with E-state index in [2.05, 4.69) is 30.5 Å². The first-order valence-electron chi connectivity index (χ1n) is 5.93. The molecule has 0 amide bonds. The van der Waals surface area contributed by atoms with Gasteiger partial charge in [-0.25, -0.2) is 0 Å². The highest BCUT2D eigenvalue weighted by Gasteiger charge is 2.11. The Labute approximate surface area is 93.2 Å². The van der Waals surface area contributed by atoms with Gasteiger partial charge in [0.25, 0.3) is 0 Å². The number of hydrogen-bond donors (Lipinski definition) is 0. The molecule has 0 aromatic heterocycles.